The molecule has 4 aromatic rings. The minimum atomic E-state index is -3.77. The Balaban J connectivity index is 1.39. The van der Waals surface area contributed by atoms with Gasteiger partial charge in [0.25, 0.3) is 0 Å². The predicted octanol–water partition coefficient (Wildman–Crippen LogP) is 3.22. The van der Waals surface area contributed by atoms with Crippen molar-refractivity contribution in [2.24, 2.45) is 0 Å². The number of methoxy groups -OCH3 is 1. The van der Waals surface area contributed by atoms with Crippen LogP contribution in [0.2, 0.25) is 0 Å². The van der Waals surface area contributed by atoms with E-state index in [0.29, 0.717) is 25.5 Å². The third-order valence-corrected chi connectivity index (χ3v) is 9.66. The Labute approximate surface area is 224 Å². The highest BCUT2D eigenvalue weighted by Crippen LogP contribution is 2.50. The second-order valence-electron chi connectivity index (χ2n) is 9.59. The number of amides is 1. The van der Waals surface area contributed by atoms with E-state index in [1.54, 1.807) is 56.8 Å². The van der Waals surface area contributed by atoms with Crippen molar-refractivity contribution in [2.45, 2.75) is 30.2 Å². The molecule has 38 heavy (non-hydrogen) atoms. The van der Waals surface area contributed by atoms with Crippen molar-refractivity contribution >= 4 is 48.4 Å². The Morgan fingerprint density at radius 3 is 2.68 bits per heavy atom. The number of aromatic nitrogens is 3. The normalized spacial score (nSPS) is 18.9. The highest BCUT2D eigenvalue weighted by Gasteiger charge is 2.49. The van der Waals surface area contributed by atoms with E-state index in [1.165, 1.54) is 11.3 Å². The summed E-state index contributed by atoms with van der Waals surface area (Å²) in [5.74, 6) is 0.536. The summed E-state index contributed by atoms with van der Waals surface area (Å²) in [5, 5.41) is 0.770. The molecule has 2 aliphatic rings. The Bertz CT molecular complexity index is 1640. The smallest absolute Gasteiger partial charge is 0.240 e. The van der Waals surface area contributed by atoms with Crippen LogP contribution in [-0.2, 0) is 26.8 Å². The van der Waals surface area contributed by atoms with Crippen LogP contribution < -0.4 is 14.4 Å². The lowest BCUT2D eigenvalue weighted by Crippen LogP contribution is -2.36. The number of thiazole rings is 1. The lowest BCUT2D eigenvalue weighted by atomic mass is 9.81. The van der Waals surface area contributed by atoms with E-state index in [-0.39, 0.29) is 17.3 Å². The van der Waals surface area contributed by atoms with Crippen molar-refractivity contribution in [1.29, 1.82) is 0 Å². The van der Waals surface area contributed by atoms with Crippen molar-refractivity contribution < 1.29 is 17.9 Å². The van der Waals surface area contributed by atoms with Gasteiger partial charge in [0.05, 0.1) is 12.0 Å². The van der Waals surface area contributed by atoms with Gasteiger partial charge in [0.1, 0.15) is 10.3 Å². The zero-order chi connectivity index (χ0) is 26.5. The number of nitrogens with zero attached hydrogens (tertiary/aromatic N) is 5. The number of anilines is 2. The van der Waals surface area contributed by atoms with Gasteiger partial charge in [-0.15, -0.1) is 0 Å². The van der Waals surface area contributed by atoms with Gasteiger partial charge in [-0.25, -0.2) is 23.1 Å². The number of benzene rings is 1. The zero-order valence-corrected chi connectivity index (χ0v) is 22.6. The second-order valence-corrected chi connectivity index (χ2v) is 12.3. The van der Waals surface area contributed by atoms with Gasteiger partial charge < -0.3 is 14.5 Å². The molecule has 1 aromatic carbocycles. The van der Waals surface area contributed by atoms with Crippen molar-refractivity contribution in [1.82, 2.24) is 24.6 Å². The van der Waals surface area contributed by atoms with Gasteiger partial charge in [0, 0.05) is 62.7 Å². The summed E-state index contributed by atoms with van der Waals surface area (Å²) in [6.07, 6.45) is 4.00. The van der Waals surface area contributed by atoms with Crippen LogP contribution in [0.5, 0.6) is 5.88 Å². The number of hydrogen-bond acceptors (Lipinski definition) is 9. The number of pyridine rings is 2. The molecule has 1 amide bonds. The first-order valence-corrected chi connectivity index (χ1v) is 14.5. The van der Waals surface area contributed by atoms with Crippen LogP contribution in [0.1, 0.15) is 24.5 Å². The van der Waals surface area contributed by atoms with Gasteiger partial charge in [-0.3, -0.25) is 9.78 Å². The van der Waals surface area contributed by atoms with Crippen LogP contribution in [-0.4, -0.2) is 60.9 Å². The fraction of sp³-hybridized carbons (Fsp3) is 0.308. The van der Waals surface area contributed by atoms with E-state index in [9.17, 15) is 13.2 Å². The molecular formula is C26H26N6O4S2. The molecule has 0 aliphatic carbocycles. The average molecular weight is 551 g/mol. The van der Waals surface area contributed by atoms with Crippen molar-refractivity contribution in [2.75, 3.05) is 31.6 Å². The number of rotatable bonds is 6. The van der Waals surface area contributed by atoms with Gasteiger partial charge in [-0.05, 0) is 53.9 Å². The van der Waals surface area contributed by atoms with E-state index >= 15 is 0 Å². The molecule has 2 aliphatic heterocycles. The van der Waals surface area contributed by atoms with E-state index in [2.05, 4.69) is 19.6 Å². The average Bonchev–Trinajstić information content (AvgIpc) is 3.63. The second kappa shape index (κ2) is 9.29. The van der Waals surface area contributed by atoms with Gasteiger partial charge in [0.15, 0.2) is 5.13 Å². The van der Waals surface area contributed by atoms with Gasteiger partial charge >= 0.3 is 0 Å². The van der Waals surface area contributed by atoms with Crippen molar-refractivity contribution in [3.05, 3.63) is 66.0 Å². The molecule has 1 unspecified atom stereocenters. The monoisotopic (exact) mass is 550 g/mol. The molecule has 1 atom stereocenters. The Morgan fingerprint density at radius 1 is 1.13 bits per heavy atom. The van der Waals surface area contributed by atoms with Gasteiger partial charge in [-0.2, -0.15) is 0 Å². The summed E-state index contributed by atoms with van der Waals surface area (Å²) in [4.78, 5) is 30.5. The van der Waals surface area contributed by atoms with E-state index < -0.39 is 15.4 Å². The number of carbonyl (C=O) groups excluding carboxylic acids is 1. The maximum absolute atomic E-state index is 13.3. The minimum absolute atomic E-state index is 0.0148. The number of hydrogen-bond donors (Lipinski definition) is 1. The molecule has 0 saturated carbocycles. The predicted molar refractivity (Wildman–Crippen MR) is 144 cm³/mol. The molecule has 196 valence electrons. The van der Waals surface area contributed by atoms with Gasteiger partial charge in [0.2, 0.25) is 21.8 Å². The number of likely N-dealkylation sites (tertiary alicyclic amines) is 1. The topological polar surface area (TPSA) is 118 Å². The first-order chi connectivity index (χ1) is 18.3. The summed E-state index contributed by atoms with van der Waals surface area (Å²) in [5.41, 5.74) is 3.00. The molecule has 1 saturated heterocycles. The van der Waals surface area contributed by atoms with E-state index in [1.807, 2.05) is 17.0 Å². The summed E-state index contributed by atoms with van der Waals surface area (Å²) in [6.45, 7) is 3.48. The highest BCUT2D eigenvalue weighted by molar-refractivity contribution is 7.89. The third kappa shape index (κ3) is 4.28. The number of sulfonamides is 1. The summed E-state index contributed by atoms with van der Waals surface area (Å²) >= 11 is 1.46. The first kappa shape index (κ1) is 24.7. The summed E-state index contributed by atoms with van der Waals surface area (Å²) in [7, 11) is -2.19. The first-order valence-electron chi connectivity index (χ1n) is 12.2. The molecule has 1 N–H and O–H groups in total. The van der Waals surface area contributed by atoms with Crippen LogP contribution in [0.15, 0.2) is 59.8 Å². The Hall–Kier alpha value is -3.61. The van der Waals surface area contributed by atoms with E-state index in [4.69, 9.17) is 9.72 Å². The quantitative estimate of drug-likeness (QED) is 0.389. The minimum Gasteiger partial charge on any atom is -0.481 e. The standard InChI is InChI=1S/C26H26N6O4S2/c1-17(33)31-12-9-26(15-31)16-32(25-29-21-4-6-23(36-2)30-24(21)37-25)22-5-3-19(13-20(22)26)38(34,35)28-14-18-7-10-27-11-8-18/h3-8,10-11,13,28H,9,12,14-16H2,1-2H3. The molecule has 0 radical (unpaired) electrons. The summed E-state index contributed by atoms with van der Waals surface area (Å²) in [6, 6.07) is 12.5. The van der Waals surface area contributed by atoms with Crippen LogP contribution in [0, 0.1) is 0 Å². The number of carbonyl (C=O) groups is 1. The largest absolute Gasteiger partial charge is 0.481 e. The Morgan fingerprint density at radius 2 is 1.95 bits per heavy atom. The SMILES string of the molecule is COc1ccc2nc(N3CC4(CCN(C(C)=O)C4)c4cc(S(=O)(=O)NCc5ccncc5)ccc43)sc2n1. The highest BCUT2D eigenvalue weighted by atomic mass is 32.2. The molecule has 6 rings (SSSR count). The lowest BCUT2D eigenvalue weighted by Gasteiger charge is -2.25. The third-order valence-electron chi connectivity index (χ3n) is 7.27. The number of fused-ring (bicyclic) bond motifs is 3. The van der Waals surface area contributed by atoms with Gasteiger partial charge in [-0.1, -0.05) is 11.3 Å². The van der Waals surface area contributed by atoms with E-state index in [0.717, 1.165) is 38.7 Å². The molecule has 3 aromatic heterocycles. The maximum atomic E-state index is 13.3. The van der Waals surface area contributed by atoms with Crippen LogP contribution >= 0.6 is 11.3 Å². The molecule has 12 heteroatoms. The van der Waals surface area contributed by atoms with Crippen LogP contribution in [0.4, 0.5) is 10.8 Å². The fourth-order valence-electron chi connectivity index (χ4n) is 5.26. The fourth-order valence-corrected chi connectivity index (χ4v) is 7.24. The molecule has 10 nitrogen and oxygen atoms in total. The molecular weight excluding hydrogens is 524 g/mol. The van der Waals surface area contributed by atoms with Crippen LogP contribution in [0.3, 0.4) is 0 Å². The maximum Gasteiger partial charge on any atom is 0.240 e. The lowest BCUT2D eigenvalue weighted by molar-refractivity contribution is -0.127. The van der Waals surface area contributed by atoms with Crippen molar-refractivity contribution in [3.63, 3.8) is 0 Å². The molecule has 0 bridgehead atoms. The zero-order valence-electron chi connectivity index (χ0n) is 20.9. The molecule has 1 fully saturated rings. The van der Waals surface area contributed by atoms with Crippen LogP contribution in [0.25, 0.3) is 10.3 Å². The molecule has 5 heterocycles. The van der Waals surface area contributed by atoms with Crippen molar-refractivity contribution in [3.8, 4) is 5.88 Å². The molecule has 1 spiro atoms. The number of nitrogens with one attached hydrogen (secondary N) is 1. The summed E-state index contributed by atoms with van der Waals surface area (Å²) < 4.78 is 34.5. The Kier molecular flexibility index (Phi) is 6.04. The number of ether oxygens (including phenoxy) is 1.